The number of hydrogen-bond acceptors (Lipinski definition) is 1. The van der Waals surface area contributed by atoms with Gasteiger partial charge in [-0.1, -0.05) is 19.1 Å². The van der Waals surface area contributed by atoms with Gasteiger partial charge in [-0.2, -0.15) is 0 Å². The van der Waals surface area contributed by atoms with Gasteiger partial charge in [0.15, 0.2) is 0 Å². The molecule has 2 N–H and O–H groups in total. The van der Waals surface area contributed by atoms with Crippen molar-refractivity contribution in [2.24, 2.45) is 11.1 Å². The van der Waals surface area contributed by atoms with Crippen molar-refractivity contribution in [1.82, 2.24) is 0 Å². The van der Waals surface area contributed by atoms with Crippen molar-refractivity contribution in [2.45, 2.75) is 25.2 Å². The molecule has 0 bridgehead atoms. The fraction of sp³-hybridized carbons (Fsp3) is 0.500. The highest BCUT2D eigenvalue weighted by atomic mass is 19.3. The molecule has 1 saturated carbocycles. The number of hydrogen-bond donors (Lipinski definition) is 1. The molecule has 16 heavy (non-hydrogen) atoms. The summed E-state index contributed by atoms with van der Waals surface area (Å²) in [5.74, 6) is -3.40. The van der Waals surface area contributed by atoms with Crippen LogP contribution in [0.1, 0.15) is 24.8 Å². The van der Waals surface area contributed by atoms with Gasteiger partial charge in [0.05, 0.1) is 5.41 Å². The molecular formula is C12H14F3N. The van der Waals surface area contributed by atoms with Crippen LogP contribution in [0.4, 0.5) is 13.2 Å². The van der Waals surface area contributed by atoms with Crippen LogP contribution in [0.3, 0.4) is 0 Å². The second kappa shape index (κ2) is 3.48. The molecule has 1 aromatic carbocycles. The zero-order valence-electron chi connectivity index (χ0n) is 9.01. The first-order valence-corrected chi connectivity index (χ1v) is 5.26. The number of alkyl halides is 2. The van der Waals surface area contributed by atoms with Gasteiger partial charge in [-0.05, 0) is 23.6 Å². The first kappa shape index (κ1) is 11.5. The van der Waals surface area contributed by atoms with Gasteiger partial charge in [-0.3, -0.25) is 0 Å². The molecule has 1 fully saturated rings. The Morgan fingerprint density at radius 3 is 2.19 bits per heavy atom. The zero-order valence-corrected chi connectivity index (χ0v) is 9.01. The predicted molar refractivity (Wildman–Crippen MR) is 55.9 cm³/mol. The van der Waals surface area contributed by atoms with E-state index >= 15 is 0 Å². The van der Waals surface area contributed by atoms with Gasteiger partial charge in [0.2, 0.25) is 0 Å². The number of benzene rings is 1. The van der Waals surface area contributed by atoms with Crippen LogP contribution >= 0.6 is 0 Å². The third-order valence-corrected chi connectivity index (χ3v) is 3.70. The van der Waals surface area contributed by atoms with Crippen LogP contribution in [0.5, 0.6) is 0 Å². The zero-order chi connectivity index (χ0) is 12.0. The van der Waals surface area contributed by atoms with Crippen molar-refractivity contribution in [1.29, 1.82) is 0 Å². The van der Waals surface area contributed by atoms with Crippen LogP contribution in [0.25, 0.3) is 0 Å². The van der Waals surface area contributed by atoms with Crippen LogP contribution in [-0.2, 0) is 0 Å². The average Bonchev–Trinajstić information content (AvgIpc) is 2.82. The highest BCUT2D eigenvalue weighted by Crippen LogP contribution is 2.66. The molecule has 88 valence electrons. The van der Waals surface area contributed by atoms with E-state index in [9.17, 15) is 13.2 Å². The molecule has 4 heteroatoms. The number of halogens is 3. The molecule has 0 aromatic heterocycles. The molecule has 1 aromatic rings. The summed E-state index contributed by atoms with van der Waals surface area (Å²) in [5, 5.41) is 0. The smallest absolute Gasteiger partial charge is 0.256 e. The highest BCUT2D eigenvalue weighted by Gasteiger charge is 2.72. The van der Waals surface area contributed by atoms with E-state index in [4.69, 9.17) is 5.73 Å². The summed E-state index contributed by atoms with van der Waals surface area (Å²) >= 11 is 0. The Balaban J connectivity index is 2.26. The van der Waals surface area contributed by atoms with Gasteiger partial charge in [0.1, 0.15) is 5.82 Å². The van der Waals surface area contributed by atoms with Gasteiger partial charge < -0.3 is 5.73 Å². The lowest BCUT2D eigenvalue weighted by Gasteiger charge is -2.22. The summed E-state index contributed by atoms with van der Waals surface area (Å²) < 4.78 is 39.3. The fourth-order valence-electron chi connectivity index (χ4n) is 2.29. The maximum atomic E-state index is 13.3. The minimum absolute atomic E-state index is 0.0431. The molecule has 0 heterocycles. The van der Waals surface area contributed by atoms with Crippen molar-refractivity contribution >= 4 is 0 Å². The van der Waals surface area contributed by atoms with E-state index in [1.807, 2.05) is 0 Å². The maximum absolute atomic E-state index is 13.3. The lowest BCUT2D eigenvalue weighted by molar-refractivity contribution is 0.0579. The predicted octanol–water partition coefficient (Wildman–Crippen LogP) is 2.91. The molecule has 1 nitrogen and oxygen atoms in total. The first-order valence-electron chi connectivity index (χ1n) is 5.26. The normalized spacial score (nSPS) is 28.8. The topological polar surface area (TPSA) is 26.0 Å². The van der Waals surface area contributed by atoms with E-state index in [-0.39, 0.29) is 24.7 Å². The summed E-state index contributed by atoms with van der Waals surface area (Å²) in [4.78, 5) is 0. The van der Waals surface area contributed by atoms with E-state index in [0.29, 0.717) is 5.56 Å². The third-order valence-electron chi connectivity index (χ3n) is 3.70. The fourth-order valence-corrected chi connectivity index (χ4v) is 2.29. The highest BCUT2D eigenvalue weighted by molar-refractivity contribution is 5.29. The summed E-state index contributed by atoms with van der Waals surface area (Å²) in [6.07, 6.45) is -0.172. The van der Waals surface area contributed by atoms with Crippen LogP contribution in [-0.4, -0.2) is 12.5 Å². The lowest BCUT2D eigenvalue weighted by Crippen LogP contribution is -2.28. The molecule has 0 spiro atoms. The second-order valence-electron chi connectivity index (χ2n) is 4.51. The molecule has 2 atom stereocenters. The Labute approximate surface area is 92.5 Å². The molecule has 0 saturated heterocycles. The van der Waals surface area contributed by atoms with Crippen LogP contribution in [0, 0.1) is 11.2 Å². The molecule has 0 aliphatic heterocycles. The Kier molecular flexibility index (Phi) is 2.49. The van der Waals surface area contributed by atoms with E-state index < -0.39 is 11.3 Å². The summed E-state index contributed by atoms with van der Waals surface area (Å²) in [6.45, 7) is 1.68. The average molecular weight is 229 g/mol. The largest absolute Gasteiger partial charge is 0.330 e. The standard InChI is InChI=1S/C12H14F3N/c1-8(9-2-4-10(13)5-3-9)11(7-16)6-12(11,14)15/h2-5,8H,6-7,16H2,1H3. The van der Waals surface area contributed by atoms with Crippen LogP contribution < -0.4 is 5.73 Å². The van der Waals surface area contributed by atoms with Crippen molar-refractivity contribution in [2.75, 3.05) is 6.54 Å². The Morgan fingerprint density at radius 1 is 1.31 bits per heavy atom. The van der Waals surface area contributed by atoms with Crippen LogP contribution in [0.2, 0.25) is 0 Å². The van der Waals surface area contributed by atoms with Gasteiger partial charge in [0, 0.05) is 13.0 Å². The van der Waals surface area contributed by atoms with Crippen molar-refractivity contribution < 1.29 is 13.2 Å². The SMILES string of the molecule is CC(c1ccc(F)cc1)C1(CN)CC1(F)F. The van der Waals surface area contributed by atoms with Gasteiger partial charge >= 0.3 is 0 Å². The molecule has 2 unspecified atom stereocenters. The number of nitrogens with two attached hydrogens (primary N) is 1. The monoisotopic (exact) mass is 229 g/mol. The quantitative estimate of drug-likeness (QED) is 0.847. The summed E-state index contributed by atoms with van der Waals surface area (Å²) in [6, 6.07) is 5.67. The Bertz CT molecular complexity index is 388. The first-order chi connectivity index (χ1) is 7.43. The van der Waals surface area contributed by atoms with E-state index in [1.165, 1.54) is 12.1 Å². The molecule has 1 aliphatic carbocycles. The molecular weight excluding hydrogens is 215 g/mol. The minimum atomic E-state index is -2.68. The lowest BCUT2D eigenvalue weighted by atomic mass is 9.84. The minimum Gasteiger partial charge on any atom is -0.330 e. The van der Waals surface area contributed by atoms with Crippen molar-refractivity contribution in [3.8, 4) is 0 Å². The molecule has 0 radical (unpaired) electrons. The van der Waals surface area contributed by atoms with Crippen molar-refractivity contribution in [3.63, 3.8) is 0 Å². The summed E-state index contributed by atoms with van der Waals surface area (Å²) in [7, 11) is 0. The van der Waals surface area contributed by atoms with Crippen LogP contribution in [0.15, 0.2) is 24.3 Å². The molecule has 2 rings (SSSR count). The second-order valence-corrected chi connectivity index (χ2v) is 4.51. The summed E-state index contributed by atoms with van der Waals surface area (Å²) in [5.41, 5.74) is 5.04. The van der Waals surface area contributed by atoms with Gasteiger partial charge in [-0.15, -0.1) is 0 Å². The maximum Gasteiger partial charge on any atom is 0.256 e. The van der Waals surface area contributed by atoms with Gasteiger partial charge in [-0.25, -0.2) is 13.2 Å². The van der Waals surface area contributed by atoms with Gasteiger partial charge in [0.25, 0.3) is 5.92 Å². The molecule has 0 amide bonds. The van der Waals surface area contributed by atoms with E-state index in [1.54, 1.807) is 19.1 Å². The molecule has 1 aliphatic rings. The Hall–Kier alpha value is -1.03. The van der Waals surface area contributed by atoms with E-state index in [2.05, 4.69) is 0 Å². The number of rotatable bonds is 3. The Morgan fingerprint density at radius 2 is 1.81 bits per heavy atom. The van der Waals surface area contributed by atoms with E-state index in [0.717, 1.165) is 0 Å². The third kappa shape index (κ3) is 1.52. The van der Waals surface area contributed by atoms with Crippen molar-refractivity contribution in [3.05, 3.63) is 35.6 Å².